The Labute approximate surface area is 155 Å². The van der Waals surface area contributed by atoms with Crippen molar-refractivity contribution >= 4 is 17.3 Å². The van der Waals surface area contributed by atoms with Gasteiger partial charge in [-0.2, -0.15) is 0 Å². The monoisotopic (exact) mass is 363 g/mol. The summed E-state index contributed by atoms with van der Waals surface area (Å²) in [6, 6.07) is 16.5. The van der Waals surface area contributed by atoms with Gasteiger partial charge in [-0.15, -0.1) is 0 Å². The third-order valence-electron chi connectivity index (χ3n) is 4.05. The summed E-state index contributed by atoms with van der Waals surface area (Å²) in [5.41, 5.74) is 1.28. The molecule has 7 nitrogen and oxygen atoms in total. The molecule has 1 heterocycles. The number of nitro benzene ring substituents is 1. The van der Waals surface area contributed by atoms with Crippen LogP contribution in [0.4, 0.5) is 11.4 Å². The van der Waals surface area contributed by atoms with Crippen molar-refractivity contribution in [1.29, 1.82) is 0 Å². The molecule has 1 aromatic heterocycles. The number of aryl methyl sites for hydroxylation is 1. The van der Waals surface area contributed by atoms with E-state index in [1.54, 1.807) is 18.3 Å². The summed E-state index contributed by atoms with van der Waals surface area (Å²) in [5.74, 6) is -0.687. The quantitative estimate of drug-likeness (QED) is 0.555. The summed E-state index contributed by atoms with van der Waals surface area (Å²) in [4.78, 5) is 35.7. The molecule has 0 saturated carbocycles. The number of carbonyl (C=O) groups excluding carboxylic acids is 1. The smallest absolute Gasteiger partial charge is 0.292 e. The molecule has 0 atom stereocenters. The summed E-state index contributed by atoms with van der Waals surface area (Å²) < 4.78 is 1.43. The number of nitro groups is 1. The minimum atomic E-state index is -0.687. The van der Waals surface area contributed by atoms with Crippen molar-refractivity contribution in [2.45, 2.75) is 13.5 Å². The van der Waals surface area contributed by atoms with E-state index in [0.29, 0.717) is 6.54 Å². The van der Waals surface area contributed by atoms with Crippen molar-refractivity contribution in [3.63, 3.8) is 0 Å². The average molecular weight is 363 g/mol. The van der Waals surface area contributed by atoms with Crippen LogP contribution in [0.3, 0.4) is 0 Å². The van der Waals surface area contributed by atoms with Crippen LogP contribution in [-0.4, -0.2) is 15.4 Å². The molecule has 1 amide bonds. The van der Waals surface area contributed by atoms with Gasteiger partial charge in [-0.1, -0.05) is 42.0 Å². The van der Waals surface area contributed by atoms with Crippen molar-refractivity contribution in [2.75, 3.05) is 5.32 Å². The maximum Gasteiger partial charge on any atom is 0.292 e. The molecule has 0 aliphatic carbocycles. The highest BCUT2D eigenvalue weighted by Crippen LogP contribution is 2.23. The van der Waals surface area contributed by atoms with E-state index in [1.165, 1.54) is 28.8 Å². The molecule has 0 aliphatic heterocycles. The Kier molecular flexibility index (Phi) is 5.12. The number of carbonyl (C=O) groups is 1. The molecule has 0 radical (unpaired) electrons. The number of nitrogens with zero attached hydrogens (tertiary/aromatic N) is 2. The van der Waals surface area contributed by atoms with Crippen LogP contribution in [0.5, 0.6) is 0 Å². The number of hydrogen-bond donors (Lipinski definition) is 1. The zero-order valence-electron chi connectivity index (χ0n) is 14.6. The number of para-hydroxylation sites is 2. The third-order valence-corrected chi connectivity index (χ3v) is 4.05. The molecule has 0 saturated heterocycles. The zero-order valence-corrected chi connectivity index (χ0v) is 14.6. The second-order valence-electron chi connectivity index (χ2n) is 6.07. The maximum absolute atomic E-state index is 12.7. The van der Waals surface area contributed by atoms with Gasteiger partial charge in [0, 0.05) is 12.3 Å². The van der Waals surface area contributed by atoms with Crippen LogP contribution in [0.15, 0.2) is 71.7 Å². The van der Waals surface area contributed by atoms with E-state index in [-0.39, 0.29) is 16.9 Å². The second-order valence-corrected chi connectivity index (χ2v) is 6.07. The van der Waals surface area contributed by atoms with Crippen LogP contribution >= 0.6 is 0 Å². The Hall–Kier alpha value is -3.74. The topological polar surface area (TPSA) is 94.2 Å². The van der Waals surface area contributed by atoms with Gasteiger partial charge in [0.1, 0.15) is 11.3 Å². The lowest BCUT2D eigenvalue weighted by atomic mass is 10.1. The van der Waals surface area contributed by atoms with Crippen LogP contribution in [0, 0.1) is 17.0 Å². The van der Waals surface area contributed by atoms with Crippen LogP contribution in [-0.2, 0) is 6.54 Å². The molecule has 0 aliphatic rings. The highest BCUT2D eigenvalue weighted by Gasteiger charge is 2.18. The zero-order chi connectivity index (χ0) is 19.4. The lowest BCUT2D eigenvalue weighted by Gasteiger charge is -2.09. The van der Waals surface area contributed by atoms with E-state index >= 15 is 0 Å². The Morgan fingerprint density at radius 2 is 1.89 bits per heavy atom. The normalized spacial score (nSPS) is 10.4. The number of anilines is 1. The molecule has 0 bridgehead atoms. The van der Waals surface area contributed by atoms with E-state index in [4.69, 9.17) is 0 Å². The highest BCUT2D eigenvalue weighted by molar-refractivity contribution is 6.05. The Morgan fingerprint density at radius 1 is 1.11 bits per heavy atom. The minimum Gasteiger partial charge on any atom is -0.316 e. The molecular formula is C20H17N3O4. The Balaban J connectivity index is 1.88. The third kappa shape index (κ3) is 4.09. The SMILES string of the molecule is Cc1cccc(Cn2cccc(C(=O)Nc3ccccc3[N+](=O)[O-])c2=O)c1. The molecule has 0 unspecified atom stereocenters. The summed E-state index contributed by atoms with van der Waals surface area (Å²) in [6.07, 6.45) is 1.60. The molecule has 136 valence electrons. The molecule has 7 heteroatoms. The number of benzene rings is 2. The van der Waals surface area contributed by atoms with Crippen LogP contribution < -0.4 is 10.9 Å². The van der Waals surface area contributed by atoms with Gasteiger partial charge in [0.2, 0.25) is 0 Å². The van der Waals surface area contributed by atoms with E-state index in [0.717, 1.165) is 11.1 Å². The number of hydrogen-bond acceptors (Lipinski definition) is 4. The van der Waals surface area contributed by atoms with Gasteiger partial charge in [0.05, 0.1) is 11.5 Å². The fourth-order valence-corrected chi connectivity index (χ4v) is 2.77. The van der Waals surface area contributed by atoms with E-state index < -0.39 is 16.4 Å². The molecule has 27 heavy (non-hydrogen) atoms. The Morgan fingerprint density at radius 3 is 2.63 bits per heavy atom. The van der Waals surface area contributed by atoms with Crippen molar-refractivity contribution < 1.29 is 9.72 Å². The number of nitrogens with one attached hydrogen (secondary N) is 1. The van der Waals surface area contributed by atoms with Gasteiger partial charge in [0.15, 0.2) is 0 Å². The predicted octanol–water partition coefficient (Wildman–Crippen LogP) is 3.37. The summed E-state index contributed by atoms with van der Waals surface area (Å²) in [7, 11) is 0. The van der Waals surface area contributed by atoms with Gasteiger partial charge in [-0.3, -0.25) is 19.7 Å². The minimum absolute atomic E-state index is 0.0426. The second kappa shape index (κ2) is 7.65. The average Bonchev–Trinajstić information content (AvgIpc) is 2.63. The first-order chi connectivity index (χ1) is 13.0. The largest absolute Gasteiger partial charge is 0.316 e. The Bertz CT molecular complexity index is 1070. The van der Waals surface area contributed by atoms with Crippen LogP contribution in [0.2, 0.25) is 0 Å². The van der Waals surface area contributed by atoms with Crippen LogP contribution in [0.25, 0.3) is 0 Å². The molecular weight excluding hydrogens is 346 g/mol. The van der Waals surface area contributed by atoms with E-state index in [1.807, 2.05) is 31.2 Å². The maximum atomic E-state index is 12.7. The molecule has 1 N–H and O–H groups in total. The molecule has 2 aromatic carbocycles. The van der Waals surface area contributed by atoms with Gasteiger partial charge < -0.3 is 9.88 Å². The fraction of sp³-hybridized carbons (Fsp3) is 0.100. The van der Waals surface area contributed by atoms with Crippen molar-refractivity contribution in [1.82, 2.24) is 4.57 Å². The van der Waals surface area contributed by atoms with Gasteiger partial charge in [0.25, 0.3) is 17.2 Å². The fourth-order valence-electron chi connectivity index (χ4n) is 2.77. The highest BCUT2D eigenvalue weighted by atomic mass is 16.6. The molecule has 0 fully saturated rings. The van der Waals surface area contributed by atoms with Crippen molar-refractivity contribution in [3.05, 3.63) is 104 Å². The first kappa shape index (κ1) is 18.1. The molecule has 3 aromatic rings. The summed E-state index contributed by atoms with van der Waals surface area (Å²) in [5, 5.41) is 13.5. The van der Waals surface area contributed by atoms with E-state index in [2.05, 4.69) is 5.32 Å². The van der Waals surface area contributed by atoms with E-state index in [9.17, 15) is 19.7 Å². The van der Waals surface area contributed by atoms with Crippen molar-refractivity contribution in [3.8, 4) is 0 Å². The first-order valence-corrected chi connectivity index (χ1v) is 8.25. The first-order valence-electron chi connectivity index (χ1n) is 8.25. The predicted molar refractivity (Wildman–Crippen MR) is 102 cm³/mol. The van der Waals surface area contributed by atoms with Gasteiger partial charge in [-0.05, 0) is 30.7 Å². The standard InChI is InChI=1S/C20H17N3O4/c1-14-6-4-7-15(12-14)13-22-11-5-8-16(20(22)25)19(24)21-17-9-2-3-10-18(17)23(26)27/h2-12H,13H2,1H3,(H,21,24). The van der Waals surface area contributed by atoms with Gasteiger partial charge in [-0.25, -0.2) is 0 Å². The van der Waals surface area contributed by atoms with Gasteiger partial charge >= 0.3 is 0 Å². The number of amides is 1. The number of aromatic nitrogens is 1. The lowest BCUT2D eigenvalue weighted by molar-refractivity contribution is -0.383. The summed E-state index contributed by atoms with van der Waals surface area (Å²) in [6.45, 7) is 2.29. The lowest BCUT2D eigenvalue weighted by Crippen LogP contribution is -2.29. The number of pyridine rings is 1. The number of rotatable bonds is 5. The molecule has 0 spiro atoms. The molecule has 3 rings (SSSR count). The van der Waals surface area contributed by atoms with Crippen LogP contribution in [0.1, 0.15) is 21.5 Å². The summed E-state index contributed by atoms with van der Waals surface area (Å²) >= 11 is 0. The van der Waals surface area contributed by atoms with Crippen molar-refractivity contribution in [2.24, 2.45) is 0 Å².